The molecule has 0 aliphatic carbocycles. The molecule has 4 nitrogen and oxygen atoms in total. The molecule has 0 saturated heterocycles. The average Bonchev–Trinajstić information content (AvgIpc) is 3.03. The van der Waals surface area contributed by atoms with Gasteiger partial charge in [-0.3, -0.25) is 4.40 Å². The molecule has 0 spiro atoms. The molecular formula is C21H19N3O. The van der Waals surface area contributed by atoms with Gasteiger partial charge < -0.3 is 10.4 Å². The zero-order valence-electron chi connectivity index (χ0n) is 13.8. The Balaban J connectivity index is 1.77. The molecule has 0 aliphatic heterocycles. The summed E-state index contributed by atoms with van der Waals surface area (Å²) in [7, 11) is 0. The highest BCUT2D eigenvalue weighted by Gasteiger charge is 2.13. The number of aliphatic hydroxyl groups is 1. The van der Waals surface area contributed by atoms with Gasteiger partial charge in [-0.05, 0) is 36.2 Å². The minimum absolute atomic E-state index is 0.165. The molecule has 0 bridgehead atoms. The van der Waals surface area contributed by atoms with Crippen LogP contribution in [0.3, 0.4) is 0 Å². The highest BCUT2D eigenvalue weighted by Crippen LogP contribution is 2.31. The number of hydrogen-bond donors (Lipinski definition) is 2. The molecule has 4 rings (SSSR count). The van der Waals surface area contributed by atoms with Gasteiger partial charge in [0.2, 0.25) is 0 Å². The molecule has 4 aromatic rings. The lowest BCUT2D eigenvalue weighted by Gasteiger charge is -2.09. The van der Waals surface area contributed by atoms with Crippen LogP contribution in [0.1, 0.15) is 5.56 Å². The maximum Gasteiger partial charge on any atom is 0.143 e. The van der Waals surface area contributed by atoms with Crippen LogP contribution in [0, 0.1) is 0 Å². The average molecular weight is 329 g/mol. The summed E-state index contributed by atoms with van der Waals surface area (Å²) in [4.78, 5) is 4.79. The van der Waals surface area contributed by atoms with Gasteiger partial charge in [0.05, 0.1) is 0 Å². The number of aliphatic hydroxyl groups excluding tert-OH is 1. The molecule has 0 radical (unpaired) electrons. The van der Waals surface area contributed by atoms with E-state index < -0.39 is 0 Å². The van der Waals surface area contributed by atoms with Crippen LogP contribution in [-0.2, 0) is 6.42 Å². The summed E-state index contributed by atoms with van der Waals surface area (Å²) in [6.45, 7) is 0.165. The number of nitrogens with one attached hydrogen (secondary N) is 1. The van der Waals surface area contributed by atoms with Gasteiger partial charge in [-0.15, -0.1) is 0 Å². The van der Waals surface area contributed by atoms with Crippen molar-refractivity contribution in [2.45, 2.75) is 6.42 Å². The summed E-state index contributed by atoms with van der Waals surface area (Å²) in [5, 5.41) is 12.6. The van der Waals surface area contributed by atoms with Crippen molar-refractivity contribution in [2.24, 2.45) is 0 Å². The van der Waals surface area contributed by atoms with Gasteiger partial charge in [-0.25, -0.2) is 4.98 Å². The maximum absolute atomic E-state index is 9.05. The number of rotatable bonds is 5. The Morgan fingerprint density at radius 2 is 1.64 bits per heavy atom. The van der Waals surface area contributed by atoms with E-state index in [2.05, 4.69) is 21.9 Å². The Morgan fingerprint density at radius 3 is 2.40 bits per heavy atom. The van der Waals surface area contributed by atoms with Gasteiger partial charge in [-0.1, -0.05) is 48.5 Å². The summed E-state index contributed by atoms with van der Waals surface area (Å²) in [5.74, 6) is 0.941. The third-order valence-electron chi connectivity index (χ3n) is 4.19. The first-order chi connectivity index (χ1) is 12.3. The standard InChI is InChI=1S/C21H19N3O/c25-15-13-16-9-11-18(12-10-16)22-21-20(17-6-2-1-3-7-17)23-19-8-4-5-14-24(19)21/h1-12,14,22,25H,13,15H2. The fourth-order valence-corrected chi connectivity index (χ4v) is 2.93. The highest BCUT2D eigenvalue weighted by molar-refractivity contribution is 5.79. The van der Waals surface area contributed by atoms with Crippen molar-refractivity contribution in [3.8, 4) is 11.3 Å². The summed E-state index contributed by atoms with van der Waals surface area (Å²) >= 11 is 0. The largest absolute Gasteiger partial charge is 0.396 e. The number of aromatic nitrogens is 2. The Labute approximate surface area is 146 Å². The first-order valence-electron chi connectivity index (χ1n) is 8.34. The quantitative estimate of drug-likeness (QED) is 0.574. The van der Waals surface area contributed by atoms with Crippen molar-refractivity contribution >= 4 is 17.2 Å². The molecule has 0 amide bonds. The number of nitrogens with zero attached hydrogens (tertiary/aromatic N) is 2. The van der Waals surface area contributed by atoms with Gasteiger partial charge >= 0.3 is 0 Å². The molecule has 0 saturated carbocycles. The van der Waals surface area contributed by atoms with Crippen molar-refractivity contribution in [1.29, 1.82) is 0 Å². The smallest absolute Gasteiger partial charge is 0.143 e. The number of benzene rings is 2. The van der Waals surface area contributed by atoms with Crippen LogP contribution in [0.25, 0.3) is 16.9 Å². The Bertz CT molecular complexity index is 975. The molecule has 0 fully saturated rings. The van der Waals surface area contributed by atoms with E-state index in [1.807, 2.05) is 66.9 Å². The summed E-state index contributed by atoms with van der Waals surface area (Å²) in [6.07, 6.45) is 2.68. The van der Waals surface area contributed by atoms with E-state index in [-0.39, 0.29) is 6.61 Å². The molecule has 2 aromatic heterocycles. The van der Waals surface area contributed by atoms with Crippen LogP contribution >= 0.6 is 0 Å². The number of imidazole rings is 1. The van der Waals surface area contributed by atoms with Gasteiger partial charge in [0.1, 0.15) is 17.2 Å². The van der Waals surface area contributed by atoms with Gasteiger partial charge in [0.25, 0.3) is 0 Å². The third kappa shape index (κ3) is 3.12. The second-order valence-corrected chi connectivity index (χ2v) is 5.90. The monoisotopic (exact) mass is 329 g/mol. The lowest BCUT2D eigenvalue weighted by molar-refractivity contribution is 0.299. The Hall–Kier alpha value is -3.11. The topological polar surface area (TPSA) is 49.6 Å². The van der Waals surface area contributed by atoms with E-state index in [9.17, 15) is 0 Å². The third-order valence-corrected chi connectivity index (χ3v) is 4.19. The molecule has 0 atom stereocenters. The van der Waals surface area contributed by atoms with Gasteiger partial charge in [0, 0.05) is 24.1 Å². The summed E-state index contributed by atoms with van der Waals surface area (Å²) in [6, 6.07) is 24.3. The van der Waals surface area contributed by atoms with Gasteiger partial charge in [-0.2, -0.15) is 0 Å². The lowest BCUT2D eigenvalue weighted by atomic mass is 10.1. The predicted molar refractivity (Wildman–Crippen MR) is 101 cm³/mol. The Kier molecular flexibility index (Phi) is 4.19. The van der Waals surface area contributed by atoms with E-state index in [1.54, 1.807) is 0 Å². The summed E-state index contributed by atoms with van der Waals surface area (Å²) < 4.78 is 2.06. The van der Waals surface area contributed by atoms with Crippen LogP contribution in [-0.4, -0.2) is 21.1 Å². The van der Waals surface area contributed by atoms with Gasteiger partial charge in [0.15, 0.2) is 0 Å². The number of hydrogen-bond acceptors (Lipinski definition) is 3. The minimum atomic E-state index is 0.165. The second-order valence-electron chi connectivity index (χ2n) is 5.90. The minimum Gasteiger partial charge on any atom is -0.396 e. The SMILES string of the molecule is OCCc1ccc(Nc2c(-c3ccccc3)nc3ccccn23)cc1. The van der Waals surface area contributed by atoms with Crippen LogP contribution in [0.5, 0.6) is 0 Å². The molecule has 2 heterocycles. The molecule has 2 aromatic carbocycles. The molecule has 25 heavy (non-hydrogen) atoms. The number of anilines is 2. The fourth-order valence-electron chi connectivity index (χ4n) is 2.93. The van der Waals surface area contributed by atoms with E-state index in [4.69, 9.17) is 10.1 Å². The predicted octanol–water partition coefficient (Wildman–Crippen LogP) is 4.28. The fraction of sp³-hybridized carbons (Fsp3) is 0.0952. The molecule has 2 N–H and O–H groups in total. The molecule has 4 heteroatoms. The zero-order chi connectivity index (χ0) is 17.1. The molecule has 0 unspecified atom stereocenters. The van der Waals surface area contributed by atoms with Crippen LogP contribution in [0.15, 0.2) is 79.0 Å². The van der Waals surface area contributed by atoms with E-state index in [0.717, 1.165) is 34.0 Å². The van der Waals surface area contributed by atoms with Crippen molar-refractivity contribution in [1.82, 2.24) is 9.38 Å². The zero-order valence-corrected chi connectivity index (χ0v) is 13.8. The summed E-state index contributed by atoms with van der Waals surface area (Å²) in [5.41, 5.74) is 5.01. The van der Waals surface area contributed by atoms with Crippen molar-refractivity contribution in [3.63, 3.8) is 0 Å². The van der Waals surface area contributed by atoms with Crippen LogP contribution in [0.4, 0.5) is 11.5 Å². The molecule has 0 aliphatic rings. The van der Waals surface area contributed by atoms with Crippen molar-refractivity contribution in [2.75, 3.05) is 11.9 Å². The first-order valence-corrected chi connectivity index (χ1v) is 8.34. The first kappa shape index (κ1) is 15.4. The molecular weight excluding hydrogens is 310 g/mol. The van der Waals surface area contributed by atoms with E-state index in [0.29, 0.717) is 6.42 Å². The van der Waals surface area contributed by atoms with Crippen molar-refractivity contribution in [3.05, 3.63) is 84.6 Å². The van der Waals surface area contributed by atoms with Crippen LogP contribution in [0.2, 0.25) is 0 Å². The number of fused-ring (bicyclic) bond motifs is 1. The number of pyridine rings is 1. The maximum atomic E-state index is 9.05. The molecule has 124 valence electrons. The lowest BCUT2D eigenvalue weighted by Crippen LogP contribution is -1.97. The van der Waals surface area contributed by atoms with E-state index in [1.165, 1.54) is 0 Å². The Morgan fingerprint density at radius 1 is 0.880 bits per heavy atom. The van der Waals surface area contributed by atoms with Crippen molar-refractivity contribution < 1.29 is 5.11 Å². The van der Waals surface area contributed by atoms with Crippen LogP contribution < -0.4 is 5.32 Å². The normalized spacial score (nSPS) is 10.9. The highest BCUT2D eigenvalue weighted by atomic mass is 16.2. The van der Waals surface area contributed by atoms with E-state index >= 15 is 0 Å². The second kappa shape index (κ2) is 6.79.